The number of halogens is 1. The van der Waals surface area contributed by atoms with Gasteiger partial charge in [0.05, 0.1) is 12.8 Å². The van der Waals surface area contributed by atoms with E-state index >= 15 is 0 Å². The summed E-state index contributed by atoms with van der Waals surface area (Å²) in [6.07, 6.45) is 1.83. The number of methoxy groups -OCH3 is 1. The first-order chi connectivity index (χ1) is 8.77. The minimum atomic E-state index is -0.556. The number of aromatic nitrogens is 4. The van der Waals surface area contributed by atoms with Crippen LogP contribution in [0.2, 0.25) is 0 Å². The zero-order valence-corrected chi connectivity index (χ0v) is 9.50. The third-order valence-electron chi connectivity index (χ3n) is 2.36. The number of carbonyl (C=O) groups is 1. The standard InChI is InChI=1S/C10H10FN5O2/c1-18-9-3-2-8(16-5-13-14-15-16)7(10(9)11)4-12-6-17/h2-3,5-6H,4H2,1H3,(H,12,17). The number of amides is 1. The third-order valence-corrected chi connectivity index (χ3v) is 2.36. The Labute approximate surface area is 102 Å². The molecule has 0 fully saturated rings. The molecule has 1 N–H and O–H groups in total. The molecule has 0 atom stereocenters. The number of hydrogen-bond acceptors (Lipinski definition) is 5. The second-order valence-electron chi connectivity index (χ2n) is 3.33. The molecule has 0 aliphatic heterocycles. The Balaban J connectivity index is 2.51. The van der Waals surface area contributed by atoms with E-state index in [1.807, 2.05) is 0 Å². The van der Waals surface area contributed by atoms with Crippen LogP contribution >= 0.6 is 0 Å². The Bertz CT molecular complexity index is 543. The highest BCUT2D eigenvalue weighted by atomic mass is 19.1. The van der Waals surface area contributed by atoms with Crippen LogP contribution in [0.3, 0.4) is 0 Å². The normalized spacial score (nSPS) is 10.1. The summed E-state index contributed by atoms with van der Waals surface area (Å²) in [7, 11) is 1.37. The molecule has 1 amide bonds. The molecule has 0 spiro atoms. The molecule has 94 valence electrons. The minimum absolute atomic E-state index is 0.0156. The Kier molecular flexibility index (Phi) is 3.46. The van der Waals surface area contributed by atoms with Crippen molar-refractivity contribution < 1.29 is 13.9 Å². The predicted octanol–water partition coefficient (Wildman–Crippen LogP) is 0.0560. The van der Waals surface area contributed by atoms with Crippen molar-refractivity contribution >= 4 is 6.41 Å². The average molecular weight is 251 g/mol. The smallest absolute Gasteiger partial charge is 0.207 e. The van der Waals surface area contributed by atoms with Crippen LogP contribution in [0.25, 0.3) is 5.69 Å². The summed E-state index contributed by atoms with van der Waals surface area (Å²) in [6, 6.07) is 3.08. The topological polar surface area (TPSA) is 81.9 Å². The largest absolute Gasteiger partial charge is 0.494 e. The van der Waals surface area contributed by atoms with Crippen LogP contribution in [0, 0.1) is 5.82 Å². The van der Waals surface area contributed by atoms with Crippen LogP contribution in [0.15, 0.2) is 18.5 Å². The third kappa shape index (κ3) is 2.12. The predicted molar refractivity (Wildman–Crippen MR) is 58.6 cm³/mol. The molecule has 1 aromatic heterocycles. The highest BCUT2D eigenvalue weighted by Gasteiger charge is 2.15. The number of hydrogen-bond donors (Lipinski definition) is 1. The Morgan fingerprint density at radius 2 is 2.39 bits per heavy atom. The van der Waals surface area contributed by atoms with Crippen molar-refractivity contribution in [1.29, 1.82) is 0 Å². The van der Waals surface area contributed by atoms with Crippen molar-refractivity contribution in [2.75, 3.05) is 7.11 Å². The minimum Gasteiger partial charge on any atom is -0.494 e. The summed E-state index contributed by atoms with van der Waals surface area (Å²) in [6.45, 7) is 0.0156. The monoisotopic (exact) mass is 251 g/mol. The van der Waals surface area contributed by atoms with Crippen LogP contribution in [-0.4, -0.2) is 33.7 Å². The van der Waals surface area contributed by atoms with Gasteiger partial charge in [0.25, 0.3) is 0 Å². The van der Waals surface area contributed by atoms with Gasteiger partial charge in [0, 0.05) is 12.1 Å². The molecule has 2 aromatic rings. The molecule has 8 heteroatoms. The summed E-state index contributed by atoms with van der Waals surface area (Å²) in [5.74, 6) is -0.464. The Morgan fingerprint density at radius 3 is 3.00 bits per heavy atom. The molecule has 18 heavy (non-hydrogen) atoms. The summed E-state index contributed by atoms with van der Waals surface area (Å²) >= 11 is 0. The average Bonchev–Trinajstić information content (AvgIpc) is 2.90. The summed E-state index contributed by atoms with van der Waals surface area (Å²) < 4.78 is 20.3. The van der Waals surface area contributed by atoms with Gasteiger partial charge in [0.1, 0.15) is 6.33 Å². The van der Waals surface area contributed by atoms with Crippen molar-refractivity contribution in [2.24, 2.45) is 0 Å². The molecule has 0 saturated heterocycles. The van der Waals surface area contributed by atoms with E-state index in [1.54, 1.807) is 6.07 Å². The van der Waals surface area contributed by atoms with Gasteiger partial charge in [0.2, 0.25) is 6.41 Å². The van der Waals surface area contributed by atoms with E-state index in [0.29, 0.717) is 12.1 Å². The fourth-order valence-corrected chi connectivity index (χ4v) is 1.55. The first-order valence-electron chi connectivity index (χ1n) is 5.03. The number of nitrogens with one attached hydrogen (secondary N) is 1. The second kappa shape index (κ2) is 5.21. The lowest BCUT2D eigenvalue weighted by atomic mass is 10.1. The Hall–Kier alpha value is -2.51. The summed E-state index contributed by atoms with van der Waals surface area (Å²) in [4.78, 5) is 10.3. The maximum atomic E-state index is 14.1. The lowest BCUT2D eigenvalue weighted by Crippen LogP contribution is -2.15. The highest BCUT2D eigenvalue weighted by Crippen LogP contribution is 2.25. The highest BCUT2D eigenvalue weighted by molar-refractivity contribution is 5.50. The van der Waals surface area contributed by atoms with Crippen LogP contribution < -0.4 is 10.1 Å². The van der Waals surface area contributed by atoms with Gasteiger partial charge in [-0.2, -0.15) is 0 Å². The SMILES string of the molecule is COc1ccc(-n2cnnn2)c(CNC=O)c1F. The fourth-order valence-electron chi connectivity index (χ4n) is 1.55. The maximum Gasteiger partial charge on any atom is 0.207 e. The van der Waals surface area contributed by atoms with E-state index in [2.05, 4.69) is 20.8 Å². The molecule has 0 unspecified atom stereocenters. The maximum absolute atomic E-state index is 14.1. The molecule has 0 aliphatic carbocycles. The van der Waals surface area contributed by atoms with Gasteiger partial charge in [-0.3, -0.25) is 4.79 Å². The number of carbonyl (C=O) groups excluding carboxylic acids is 1. The molecular formula is C10H10FN5O2. The molecule has 0 radical (unpaired) electrons. The van der Waals surface area contributed by atoms with Crippen LogP contribution in [0.4, 0.5) is 4.39 Å². The molecule has 7 nitrogen and oxygen atoms in total. The van der Waals surface area contributed by atoms with E-state index in [-0.39, 0.29) is 17.9 Å². The number of tetrazole rings is 1. The van der Waals surface area contributed by atoms with Crippen molar-refractivity contribution in [2.45, 2.75) is 6.54 Å². The molecule has 2 rings (SSSR count). The van der Waals surface area contributed by atoms with Gasteiger partial charge in [0.15, 0.2) is 11.6 Å². The van der Waals surface area contributed by atoms with E-state index in [4.69, 9.17) is 4.74 Å². The van der Waals surface area contributed by atoms with Crippen molar-refractivity contribution in [3.63, 3.8) is 0 Å². The van der Waals surface area contributed by atoms with Crippen molar-refractivity contribution in [3.05, 3.63) is 29.8 Å². The number of ether oxygens (including phenoxy) is 1. The van der Waals surface area contributed by atoms with Gasteiger partial charge < -0.3 is 10.1 Å². The first-order valence-corrected chi connectivity index (χ1v) is 5.03. The van der Waals surface area contributed by atoms with Crippen LogP contribution in [-0.2, 0) is 11.3 Å². The lowest BCUT2D eigenvalue weighted by molar-refractivity contribution is -0.109. The second-order valence-corrected chi connectivity index (χ2v) is 3.33. The fraction of sp³-hybridized carbons (Fsp3) is 0.200. The molecule has 0 bridgehead atoms. The zero-order chi connectivity index (χ0) is 13.0. The van der Waals surface area contributed by atoms with E-state index in [1.165, 1.54) is 24.2 Å². The summed E-state index contributed by atoms with van der Waals surface area (Å²) in [5.41, 5.74) is 0.682. The summed E-state index contributed by atoms with van der Waals surface area (Å²) in [5, 5.41) is 13.0. The van der Waals surface area contributed by atoms with E-state index in [0.717, 1.165) is 0 Å². The van der Waals surface area contributed by atoms with Crippen molar-refractivity contribution in [3.8, 4) is 11.4 Å². The van der Waals surface area contributed by atoms with Gasteiger partial charge >= 0.3 is 0 Å². The van der Waals surface area contributed by atoms with Gasteiger partial charge in [-0.15, -0.1) is 5.10 Å². The lowest BCUT2D eigenvalue weighted by Gasteiger charge is -2.12. The molecule has 1 heterocycles. The van der Waals surface area contributed by atoms with Gasteiger partial charge in [-0.1, -0.05) is 0 Å². The van der Waals surface area contributed by atoms with E-state index < -0.39 is 5.82 Å². The Morgan fingerprint density at radius 1 is 1.56 bits per heavy atom. The quantitative estimate of drug-likeness (QED) is 0.760. The van der Waals surface area contributed by atoms with Crippen LogP contribution in [0.5, 0.6) is 5.75 Å². The zero-order valence-electron chi connectivity index (χ0n) is 9.50. The number of nitrogens with zero attached hydrogens (tertiary/aromatic N) is 4. The molecule has 1 aromatic carbocycles. The number of benzene rings is 1. The van der Waals surface area contributed by atoms with Gasteiger partial charge in [-0.05, 0) is 22.6 Å². The molecule has 0 saturated carbocycles. The molecular weight excluding hydrogens is 241 g/mol. The van der Waals surface area contributed by atoms with Crippen molar-refractivity contribution in [1.82, 2.24) is 25.5 Å². The van der Waals surface area contributed by atoms with E-state index in [9.17, 15) is 9.18 Å². The number of rotatable bonds is 5. The van der Waals surface area contributed by atoms with Crippen LogP contribution in [0.1, 0.15) is 5.56 Å². The first kappa shape index (κ1) is 12.0. The van der Waals surface area contributed by atoms with Gasteiger partial charge in [-0.25, -0.2) is 9.07 Å². The molecule has 0 aliphatic rings.